The Bertz CT molecular complexity index is 555. The van der Waals surface area contributed by atoms with Gasteiger partial charge in [-0.1, -0.05) is 32.8 Å². The molecule has 1 unspecified atom stereocenters. The van der Waals surface area contributed by atoms with E-state index in [-0.39, 0.29) is 11.9 Å². The van der Waals surface area contributed by atoms with E-state index in [0.29, 0.717) is 11.5 Å². The van der Waals surface area contributed by atoms with Crippen LogP contribution in [-0.4, -0.2) is 16.9 Å². The van der Waals surface area contributed by atoms with Crippen molar-refractivity contribution in [3.05, 3.63) is 36.0 Å². The molecule has 2 rings (SSSR count). The molecule has 19 heavy (non-hydrogen) atoms. The number of amides is 1. The summed E-state index contributed by atoms with van der Waals surface area (Å²) in [6.07, 6.45) is 4.07. The zero-order valence-electron chi connectivity index (χ0n) is 11.9. The Morgan fingerprint density at radius 1 is 1.26 bits per heavy atom. The molecular weight excluding hydrogens is 236 g/mol. The molecule has 1 heterocycles. The number of H-pyrrole nitrogens is 1. The number of benzene rings is 1. The van der Waals surface area contributed by atoms with Crippen molar-refractivity contribution in [2.45, 2.75) is 39.7 Å². The van der Waals surface area contributed by atoms with Crippen LogP contribution in [0.1, 0.15) is 44.0 Å². The Hall–Kier alpha value is -1.77. The lowest BCUT2D eigenvalue weighted by molar-refractivity contribution is 0.0925. The molecule has 0 aliphatic heterocycles. The van der Waals surface area contributed by atoms with Gasteiger partial charge in [-0.2, -0.15) is 0 Å². The van der Waals surface area contributed by atoms with Crippen molar-refractivity contribution in [2.24, 2.45) is 5.92 Å². The van der Waals surface area contributed by atoms with Gasteiger partial charge in [-0.15, -0.1) is 0 Å². The van der Waals surface area contributed by atoms with E-state index in [1.807, 2.05) is 30.5 Å². The van der Waals surface area contributed by atoms with Crippen LogP contribution in [0.15, 0.2) is 30.5 Å². The van der Waals surface area contributed by atoms with Gasteiger partial charge >= 0.3 is 0 Å². The van der Waals surface area contributed by atoms with E-state index in [1.165, 1.54) is 0 Å². The molecule has 0 saturated carbocycles. The van der Waals surface area contributed by atoms with Gasteiger partial charge in [0.1, 0.15) is 0 Å². The summed E-state index contributed by atoms with van der Waals surface area (Å²) in [6.45, 7) is 6.42. The lowest BCUT2D eigenvalue weighted by Gasteiger charge is -2.22. The number of fused-ring (bicyclic) bond motifs is 1. The largest absolute Gasteiger partial charge is 0.361 e. The second-order valence-electron chi connectivity index (χ2n) is 5.12. The molecule has 1 amide bonds. The number of carbonyl (C=O) groups excluding carboxylic acids is 1. The topological polar surface area (TPSA) is 44.9 Å². The standard InChI is InChI=1S/C16H22N2O/c1-4-12(5-2)11(3)18-16(19)14-7-6-13-8-9-17-15(13)10-14/h6-12,17H,4-5H2,1-3H3,(H,18,19). The van der Waals surface area contributed by atoms with Crippen LogP contribution in [0.2, 0.25) is 0 Å². The second kappa shape index (κ2) is 5.91. The first kappa shape index (κ1) is 13.7. The summed E-state index contributed by atoms with van der Waals surface area (Å²) in [5.74, 6) is 0.550. The molecule has 3 heteroatoms. The van der Waals surface area contributed by atoms with E-state index in [4.69, 9.17) is 0 Å². The number of carbonyl (C=O) groups is 1. The summed E-state index contributed by atoms with van der Waals surface area (Å²) >= 11 is 0. The highest BCUT2D eigenvalue weighted by Gasteiger charge is 2.16. The lowest BCUT2D eigenvalue weighted by Crippen LogP contribution is -2.37. The number of aromatic amines is 1. The maximum Gasteiger partial charge on any atom is 0.251 e. The number of aromatic nitrogens is 1. The average Bonchev–Trinajstić information content (AvgIpc) is 2.87. The van der Waals surface area contributed by atoms with Crippen LogP contribution in [0, 0.1) is 5.92 Å². The van der Waals surface area contributed by atoms with Crippen LogP contribution in [0.5, 0.6) is 0 Å². The van der Waals surface area contributed by atoms with Gasteiger partial charge < -0.3 is 10.3 Å². The molecular formula is C16H22N2O. The van der Waals surface area contributed by atoms with Gasteiger partial charge in [-0.3, -0.25) is 4.79 Å². The van der Waals surface area contributed by atoms with Crippen LogP contribution in [0.4, 0.5) is 0 Å². The molecule has 0 radical (unpaired) electrons. The smallest absolute Gasteiger partial charge is 0.251 e. The highest BCUT2D eigenvalue weighted by molar-refractivity contribution is 5.98. The first-order valence-corrected chi connectivity index (χ1v) is 7.03. The average molecular weight is 258 g/mol. The predicted molar refractivity (Wildman–Crippen MR) is 79.3 cm³/mol. The van der Waals surface area contributed by atoms with Crippen LogP contribution in [0.3, 0.4) is 0 Å². The first-order valence-electron chi connectivity index (χ1n) is 7.03. The van der Waals surface area contributed by atoms with Crippen LogP contribution in [-0.2, 0) is 0 Å². The summed E-state index contributed by atoms with van der Waals surface area (Å²) in [4.78, 5) is 15.4. The fraction of sp³-hybridized carbons (Fsp3) is 0.438. The fourth-order valence-electron chi connectivity index (χ4n) is 2.59. The molecule has 0 spiro atoms. The zero-order valence-corrected chi connectivity index (χ0v) is 11.9. The molecule has 1 atom stereocenters. The van der Waals surface area contributed by atoms with Gasteiger partial charge in [-0.05, 0) is 36.4 Å². The van der Waals surface area contributed by atoms with Crippen molar-refractivity contribution >= 4 is 16.8 Å². The lowest BCUT2D eigenvalue weighted by atomic mass is 9.95. The Morgan fingerprint density at radius 2 is 2.00 bits per heavy atom. The van der Waals surface area contributed by atoms with Crippen molar-refractivity contribution < 1.29 is 4.79 Å². The normalized spacial score (nSPS) is 12.8. The van der Waals surface area contributed by atoms with Crippen molar-refractivity contribution in [1.82, 2.24) is 10.3 Å². The molecule has 3 nitrogen and oxygen atoms in total. The number of hydrogen-bond acceptors (Lipinski definition) is 1. The van der Waals surface area contributed by atoms with Crippen molar-refractivity contribution in [2.75, 3.05) is 0 Å². The third-order valence-corrected chi connectivity index (χ3v) is 3.93. The van der Waals surface area contributed by atoms with E-state index in [9.17, 15) is 4.79 Å². The summed E-state index contributed by atoms with van der Waals surface area (Å²) in [5, 5.41) is 4.23. The minimum atomic E-state index is 0.0101. The Labute approximate surface area is 114 Å². The van der Waals surface area contributed by atoms with Gasteiger partial charge in [0.15, 0.2) is 0 Å². The Kier molecular flexibility index (Phi) is 4.25. The molecule has 0 bridgehead atoms. The molecule has 0 saturated heterocycles. The van der Waals surface area contributed by atoms with Crippen LogP contribution >= 0.6 is 0 Å². The predicted octanol–water partition coefficient (Wildman–Crippen LogP) is 3.72. The third kappa shape index (κ3) is 2.98. The fourth-order valence-corrected chi connectivity index (χ4v) is 2.59. The molecule has 1 aromatic heterocycles. The quantitative estimate of drug-likeness (QED) is 0.843. The van der Waals surface area contributed by atoms with E-state index < -0.39 is 0 Å². The molecule has 1 aromatic carbocycles. The summed E-state index contributed by atoms with van der Waals surface area (Å²) in [5.41, 5.74) is 1.72. The number of hydrogen-bond donors (Lipinski definition) is 2. The van der Waals surface area contributed by atoms with Gasteiger partial charge in [0.2, 0.25) is 0 Å². The number of rotatable bonds is 5. The van der Waals surface area contributed by atoms with Gasteiger partial charge in [0.25, 0.3) is 5.91 Å². The highest BCUT2D eigenvalue weighted by atomic mass is 16.1. The molecule has 2 aromatic rings. The van der Waals surface area contributed by atoms with E-state index in [0.717, 1.165) is 23.7 Å². The minimum Gasteiger partial charge on any atom is -0.361 e. The van der Waals surface area contributed by atoms with E-state index in [2.05, 4.69) is 31.1 Å². The Morgan fingerprint density at radius 3 is 2.68 bits per heavy atom. The molecule has 0 fully saturated rings. The van der Waals surface area contributed by atoms with Crippen molar-refractivity contribution in [3.8, 4) is 0 Å². The first-order chi connectivity index (χ1) is 9.15. The maximum atomic E-state index is 12.2. The van der Waals surface area contributed by atoms with E-state index in [1.54, 1.807) is 0 Å². The Balaban J connectivity index is 2.10. The molecule has 2 N–H and O–H groups in total. The van der Waals surface area contributed by atoms with Gasteiger partial charge in [0.05, 0.1) is 0 Å². The van der Waals surface area contributed by atoms with Crippen molar-refractivity contribution in [3.63, 3.8) is 0 Å². The molecule has 0 aliphatic rings. The van der Waals surface area contributed by atoms with Crippen LogP contribution in [0.25, 0.3) is 10.9 Å². The van der Waals surface area contributed by atoms with Crippen LogP contribution < -0.4 is 5.32 Å². The minimum absolute atomic E-state index is 0.0101. The van der Waals surface area contributed by atoms with Crippen molar-refractivity contribution in [1.29, 1.82) is 0 Å². The summed E-state index contributed by atoms with van der Waals surface area (Å²) < 4.78 is 0. The third-order valence-electron chi connectivity index (χ3n) is 3.93. The van der Waals surface area contributed by atoms with Gasteiger partial charge in [0, 0.05) is 23.3 Å². The van der Waals surface area contributed by atoms with E-state index >= 15 is 0 Å². The second-order valence-corrected chi connectivity index (χ2v) is 5.12. The summed E-state index contributed by atoms with van der Waals surface area (Å²) in [6, 6.07) is 7.98. The number of nitrogens with one attached hydrogen (secondary N) is 2. The molecule has 102 valence electrons. The summed E-state index contributed by atoms with van der Waals surface area (Å²) in [7, 11) is 0. The highest BCUT2D eigenvalue weighted by Crippen LogP contribution is 2.16. The SMILES string of the molecule is CCC(CC)C(C)NC(=O)c1ccc2cc[nH]c2c1. The van der Waals surface area contributed by atoms with Gasteiger partial charge in [-0.25, -0.2) is 0 Å². The zero-order chi connectivity index (χ0) is 13.8. The molecule has 0 aliphatic carbocycles. The monoisotopic (exact) mass is 258 g/mol. The maximum absolute atomic E-state index is 12.2.